The van der Waals surface area contributed by atoms with Crippen molar-refractivity contribution < 1.29 is 37.0 Å². The van der Waals surface area contributed by atoms with Gasteiger partial charge in [-0.1, -0.05) is 0 Å². The number of halogens is 4. The van der Waals surface area contributed by atoms with E-state index in [0.29, 0.717) is 0 Å². The van der Waals surface area contributed by atoms with Gasteiger partial charge >= 0.3 is 18.3 Å². The molecule has 0 radical (unpaired) electrons. The molecule has 0 aromatic carbocycles. The number of hydrogen-bond donors (Lipinski definition) is 2. The van der Waals surface area contributed by atoms with Crippen LogP contribution in [0, 0.1) is 0 Å². The van der Waals surface area contributed by atoms with Crippen LogP contribution in [0.5, 0.6) is 5.88 Å². The molecular formula is C12H12F4N2O4. The molecule has 6 nitrogen and oxygen atoms in total. The molecule has 1 rings (SSSR count). The summed E-state index contributed by atoms with van der Waals surface area (Å²) < 4.78 is 53.5. The fraction of sp³-hybridized carbons (Fsp3) is 0.417. The molecule has 10 heteroatoms. The lowest BCUT2D eigenvalue weighted by Gasteiger charge is -2.15. The van der Waals surface area contributed by atoms with Crippen molar-refractivity contribution in [1.82, 2.24) is 10.3 Å². The van der Waals surface area contributed by atoms with Crippen molar-refractivity contribution in [3.8, 4) is 5.88 Å². The molecule has 122 valence electrons. The predicted molar refractivity (Wildman–Crippen MR) is 65.2 cm³/mol. The summed E-state index contributed by atoms with van der Waals surface area (Å²) in [6.07, 6.45) is -2.92. The van der Waals surface area contributed by atoms with Gasteiger partial charge in [0.2, 0.25) is 5.88 Å². The summed E-state index contributed by atoms with van der Waals surface area (Å²) in [5, 5.41) is 10.8. The summed E-state index contributed by atoms with van der Waals surface area (Å²) in [6.45, 7) is -0.309. The second kappa shape index (κ2) is 7.05. The van der Waals surface area contributed by atoms with Gasteiger partial charge < -0.3 is 15.2 Å². The molecule has 1 amide bonds. The predicted octanol–water partition coefficient (Wildman–Crippen LogP) is 1.56. The van der Waals surface area contributed by atoms with Crippen LogP contribution in [-0.2, 0) is 4.79 Å². The van der Waals surface area contributed by atoms with Crippen molar-refractivity contribution in [2.24, 2.45) is 0 Å². The maximum atomic E-state index is 12.6. The van der Waals surface area contributed by atoms with Gasteiger partial charge in [-0.25, -0.2) is 13.8 Å². The Bertz CT molecular complexity index is 536. The number of amides is 1. The number of pyridine rings is 1. The van der Waals surface area contributed by atoms with Gasteiger partial charge in [0.1, 0.15) is 6.04 Å². The summed E-state index contributed by atoms with van der Waals surface area (Å²) in [4.78, 5) is 25.7. The molecule has 0 spiro atoms. The van der Waals surface area contributed by atoms with Crippen molar-refractivity contribution >= 4 is 11.9 Å². The first-order valence-electron chi connectivity index (χ1n) is 5.92. The minimum atomic E-state index is -4.31. The van der Waals surface area contributed by atoms with Crippen molar-refractivity contribution in [3.63, 3.8) is 0 Å². The fourth-order valence-electron chi connectivity index (χ4n) is 1.17. The van der Waals surface area contributed by atoms with Crippen molar-refractivity contribution in [2.75, 3.05) is 6.61 Å². The highest BCUT2D eigenvalue weighted by Gasteiger charge is 2.41. The first-order chi connectivity index (χ1) is 10.1. The Morgan fingerprint density at radius 3 is 2.50 bits per heavy atom. The van der Waals surface area contributed by atoms with Gasteiger partial charge in [-0.15, -0.1) is 0 Å². The number of nitrogens with zero attached hydrogens (tertiary/aromatic N) is 1. The molecule has 22 heavy (non-hydrogen) atoms. The Morgan fingerprint density at radius 2 is 2.05 bits per heavy atom. The van der Waals surface area contributed by atoms with Gasteiger partial charge in [0.15, 0.2) is 6.61 Å². The van der Waals surface area contributed by atoms with Gasteiger partial charge in [-0.3, -0.25) is 9.59 Å². The third-order valence-electron chi connectivity index (χ3n) is 2.45. The number of hydrogen-bond acceptors (Lipinski definition) is 4. The zero-order chi connectivity index (χ0) is 16.9. The number of carbonyl (C=O) groups is 2. The topological polar surface area (TPSA) is 88.5 Å². The van der Waals surface area contributed by atoms with Crippen LogP contribution >= 0.6 is 0 Å². The lowest BCUT2D eigenvalue weighted by Crippen LogP contribution is -2.38. The lowest BCUT2D eigenvalue weighted by atomic mass is 10.2. The number of aromatic nitrogens is 1. The van der Waals surface area contributed by atoms with Crippen molar-refractivity contribution in [2.45, 2.75) is 25.3 Å². The van der Waals surface area contributed by atoms with Gasteiger partial charge in [-0.05, 0) is 13.0 Å². The Kier molecular flexibility index (Phi) is 5.66. The van der Waals surface area contributed by atoms with Gasteiger partial charge in [0, 0.05) is 12.3 Å². The highest BCUT2D eigenvalue weighted by Crippen LogP contribution is 2.23. The molecule has 1 heterocycles. The number of aliphatic carboxylic acids is 1. The highest BCUT2D eigenvalue weighted by molar-refractivity contribution is 5.96. The van der Waals surface area contributed by atoms with Crippen LogP contribution in [0.15, 0.2) is 18.3 Å². The number of carboxylic acids is 1. The van der Waals surface area contributed by atoms with Crippen molar-refractivity contribution in [1.29, 1.82) is 0 Å². The van der Waals surface area contributed by atoms with Crippen molar-refractivity contribution in [3.05, 3.63) is 23.9 Å². The van der Waals surface area contributed by atoms with E-state index >= 15 is 0 Å². The maximum Gasteiger partial charge on any atom is 0.340 e. The van der Waals surface area contributed by atoms with Crippen LogP contribution in [0.4, 0.5) is 17.6 Å². The summed E-state index contributed by atoms with van der Waals surface area (Å²) in [5.74, 6) is -6.67. The van der Waals surface area contributed by atoms with Crippen LogP contribution in [0.1, 0.15) is 17.3 Å². The molecule has 1 atom stereocenters. The first kappa shape index (κ1) is 17.7. The first-order valence-corrected chi connectivity index (χ1v) is 5.92. The Morgan fingerprint density at radius 1 is 1.41 bits per heavy atom. The molecule has 0 aliphatic heterocycles. The number of alkyl halides is 4. The molecule has 0 saturated carbocycles. The summed E-state index contributed by atoms with van der Waals surface area (Å²) in [6, 6.07) is 1.03. The van der Waals surface area contributed by atoms with Crippen LogP contribution in [0.2, 0.25) is 0 Å². The molecule has 0 saturated heterocycles. The second-order valence-corrected chi connectivity index (χ2v) is 4.27. The van der Waals surface area contributed by atoms with Gasteiger partial charge in [-0.2, -0.15) is 8.78 Å². The summed E-state index contributed by atoms with van der Waals surface area (Å²) in [5.41, 5.74) is -0.0407. The minimum absolute atomic E-state index is 0.0407. The molecule has 1 aromatic rings. The van der Waals surface area contributed by atoms with Gasteiger partial charge in [0.05, 0.1) is 5.56 Å². The largest absolute Gasteiger partial charge is 0.480 e. The minimum Gasteiger partial charge on any atom is -0.480 e. The number of rotatable bonds is 7. The van der Waals surface area contributed by atoms with Gasteiger partial charge in [0.25, 0.3) is 5.91 Å². The fourth-order valence-corrected chi connectivity index (χ4v) is 1.17. The molecule has 1 aromatic heterocycles. The number of nitrogens with one attached hydrogen (secondary N) is 1. The van der Waals surface area contributed by atoms with E-state index < -0.39 is 36.9 Å². The lowest BCUT2D eigenvalue weighted by molar-refractivity contribution is -0.148. The molecule has 0 aliphatic carbocycles. The monoisotopic (exact) mass is 324 g/mol. The third kappa shape index (κ3) is 4.86. The van der Waals surface area contributed by atoms with E-state index in [2.05, 4.69) is 15.0 Å². The molecule has 1 unspecified atom stereocenters. The van der Waals surface area contributed by atoms with Crippen LogP contribution < -0.4 is 10.1 Å². The zero-order valence-electron chi connectivity index (χ0n) is 11.2. The third-order valence-corrected chi connectivity index (χ3v) is 2.45. The standard InChI is InChI=1S/C12H12F4N2O4/c1-6(10(20)21)18-9(19)7-2-3-8(17-4-7)22-5-12(15,16)11(13)14/h2-4,6,11H,5H2,1H3,(H,18,19)(H,20,21). The Labute approximate surface area is 122 Å². The van der Waals surface area contributed by atoms with E-state index in [0.717, 1.165) is 18.3 Å². The molecule has 2 N–H and O–H groups in total. The Hall–Kier alpha value is -2.39. The highest BCUT2D eigenvalue weighted by atomic mass is 19.3. The number of carboxylic acid groups (broad SMARTS) is 1. The Balaban J connectivity index is 2.63. The normalized spacial score (nSPS) is 12.8. The smallest absolute Gasteiger partial charge is 0.340 e. The molecule has 0 aliphatic rings. The van der Waals surface area contributed by atoms with E-state index in [1.54, 1.807) is 0 Å². The second-order valence-electron chi connectivity index (χ2n) is 4.27. The average Bonchev–Trinajstić information content (AvgIpc) is 2.45. The summed E-state index contributed by atoms with van der Waals surface area (Å²) >= 11 is 0. The van der Waals surface area contributed by atoms with E-state index in [1.807, 2.05) is 0 Å². The number of carbonyl (C=O) groups excluding carboxylic acids is 1. The van der Waals surface area contributed by atoms with E-state index in [4.69, 9.17) is 5.11 Å². The zero-order valence-corrected chi connectivity index (χ0v) is 11.2. The van der Waals surface area contributed by atoms with Crippen LogP contribution in [-0.4, -0.2) is 47.0 Å². The molecular weight excluding hydrogens is 312 g/mol. The SMILES string of the molecule is CC(NC(=O)c1ccc(OCC(F)(F)C(F)F)nc1)C(=O)O. The quantitative estimate of drug-likeness (QED) is 0.743. The molecule has 0 bridgehead atoms. The van der Waals surface area contributed by atoms with E-state index in [1.165, 1.54) is 6.92 Å². The van der Waals surface area contributed by atoms with E-state index in [9.17, 15) is 27.2 Å². The molecule has 0 fully saturated rings. The maximum absolute atomic E-state index is 12.6. The van der Waals surface area contributed by atoms with Crippen LogP contribution in [0.25, 0.3) is 0 Å². The number of ether oxygens (including phenoxy) is 1. The van der Waals surface area contributed by atoms with Crippen LogP contribution in [0.3, 0.4) is 0 Å². The average molecular weight is 324 g/mol. The summed E-state index contributed by atoms with van der Waals surface area (Å²) in [7, 11) is 0. The van der Waals surface area contributed by atoms with E-state index in [-0.39, 0.29) is 11.4 Å².